The number of hydrogen-bond acceptors (Lipinski definition) is 2. The van der Waals surface area contributed by atoms with Gasteiger partial charge in [0.1, 0.15) is 11.5 Å². The molecule has 3 aromatic rings. The van der Waals surface area contributed by atoms with Gasteiger partial charge in [-0.3, -0.25) is 0 Å². The molecule has 0 spiro atoms. The highest BCUT2D eigenvalue weighted by molar-refractivity contribution is 14.1. The summed E-state index contributed by atoms with van der Waals surface area (Å²) in [6, 6.07) is 10.2. The lowest BCUT2D eigenvalue weighted by molar-refractivity contribution is 0.627. The Labute approximate surface area is 134 Å². The van der Waals surface area contributed by atoms with Crippen molar-refractivity contribution in [2.45, 2.75) is 0 Å². The van der Waals surface area contributed by atoms with Crippen LogP contribution in [0.1, 0.15) is 11.1 Å². The van der Waals surface area contributed by atoms with Crippen LogP contribution in [0.4, 0.5) is 4.39 Å². The van der Waals surface area contributed by atoms with Gasteiger partial charge in [-0.25, -0.2) is 14.4 Å². The van der Waals surface area contributed by atoms with Crippen LogP contribution < -0.4 is 0 Å². The van der Waals surface area contributed by atoms with Gasteiger partial charge in [0.2, 0.25) is 0 Å². The highest BCUT2D eigenvalue weighted by atomic mass is 127. The number of fused-ring (bicyclic) bond motifs is 1. The summed E-state index contributed by atoms with van der Waals surface area (Å²) in [4.78, 5) is 11.7. The molecule has 1 N–H and O–H groups in total. The van der Waals surface area contributed by atoms with E-state index in [-0.39, 0.29) is 5.82 Å². The molecule has 2 heterocycles. The fourth-order valence-electron chi connectivity index (χ4n) is 2.12. The third-order valence-corrected chi connectivity index (χ3v) is 3.39. The molecular weight excluding hydrogens is 380 g/mol. The average Bonchev–Trinajstić information content (AvgIpc) is 2.97. The SMILES string of the molecule is Fc1ccc(C(=C\c2ccnc3[nH]ccc23)/N=C/I)cc1. The Hall–Kier alpha value is -2.02. The van der Waals surface area contributed by atoms with Crippen molar-refractivity contribution >= 4 is 49.6 Å². The monoisotopic (exact) mass is 391 g/mol. The second kappa shape index (κ2) is 6.17. The van der Waals surface area contributed by atoms with Crippen LogP contribution in [0.5, 0.6) is 0 Å². The molecular formula is C16H11FIN3. The first-order valence-electron chi connectivity index (χ1n) is 6.30. The van der Waals surface area contributed by atoms with Crippen molar-refractivity contribution in [3.05, 3.63) is 65.7 Å². The van der Waals surface area contributed by atoms with Gasteiger partial charge in [-0.2, -0.15) is 0 Å². The van der Waals surface area contributed by atoms with Crippen LogP contribution in [0.2, 0.25) is 0 Å². The highest BCUT2D eigenvalue weighted by Crippen LogP contribution is 2.24. The molecule has 0 amide bonds. The summed E-state index contributed by atoms with van der Waals surface area (Å²) in [6.45, 7) is 0. The summed E-state index contributed by atoms with van der Waals surface area (Å²) >= 11 is 2.07. The minimum atomic E-state index is -0.256. The molecule has 0 saturated heterocycles. The predicted molar refractivity (Wildman–Crippen MR) is 92.9 cm³/mol. The minimum absolute atomic E-state index is 0.256. The van der Waals surface area contributed by atoms with E-state index in [1.165, 1.54) is 12.1 Å². The lowest BCUT2D eigenvalue weighted by atomic mass is 10.1. The number of halogens is 2. The maximum Gasteiger partial charge on any atom is 0.137 e. The summed E-state index contributed by atoms with van der Waals surface area (Å²) in [7, 11) is 0. The maximum absolute atomic E-state index is 13.1. The molecule has 0 bridgehead atoms. The molecule has 1 aromatic carbocycles. The molecule has 0 saturated carbocycles. The maximum atomic E-state index is 13.1. The Balaban J connectivity index is 2.12. The number of nitrogens with one attached hydrogen (secondary N) is 1. The van der Waals surface area contributed by atoms with Crippen LogP contribution in [0.3, 0.4) is 0 Å². The van der Waals surface area contributed by atoms with Crippen molar-refractivity contribution in [3.63, 3.8) is 0 Å². The van der Waals surface area contributed by atoms with Crippen molar-refractivity contribution in [2.24, 2.45) is 4.99 Å². The van der Waals surface area contributed by atoms with Crippen LogP contribution in [0, 0.1) is 5.82 Å². The molecule has 104 valence electrons. The molecule has 0 fully saturated rings. The number of aromatic nitrogens is 2. The number of aliphatic imine (C=N–C) groups is 1. The smallest absolute Gasteiger partial charge is 0.137 e. The normalized spacial score (nSPS) is 12.4. The van der Waals surface area contributed by atoms with E-state index in [0.29, 0.717) is 0 Å². The van der Waals surface area contributed by atoms with Gasteiger partial charge >= 0.3 is 0 Å². The Kier molecular flexibility index (Phi) is 4.10. The Bertz CT molecular complexity index is 819. The van der Waals surface area contributed by atoms with Crippen LogP contribution in [-0.4, -0.2) is 14.2 Å². The van der Waals surface area contributed by atoms with E-state index in [1.807, 2.05) is 24.4 Å². The number of rotatable bonds is 3. The van der Waals surface area contributed by atoms with Crippen molar-refractivity contribution in [2.75, 3.05) is 0 Å². The second-order valence-electron chi connectivity index (χ2n) is 4.40. The first-order chi connectivity index (χ1) is 10.3. The Morgan fingerprint density at radius 3 is 2.76 bits per heavy atom. The zero-order chi connectivity index (χ0) is 14.7. The predicted octanol–water partition coefficient (Wildman–Crippen LogP) is 4.66. The van der Waals surface area contributed by atoms with E-state index < -0.39 is 0 Å². The van der Waals surface area contributed by atoms with Crippen molar-refractivity contribution < 1.29 is 4.39 Å². The van der Waals surface area contributed by atoms with Crippen LogP contribution in [0.15, 0.2) is 53.8 Å². The topological polar surface area (TPSA) is 41.0 Å². The Morgan fingerprint density at radius 2 is 2.00 bits per heavy atom. The number of aromatic amines is 1. The fourth-order valence-corrected chi connectivity index (χ4v) is 2.42. The number of hydrogen-bond donors (Lipinski definition) is 1. The average molecular weight is 391 g/mol. The summed E-state index contributed by atoms with van der Waals surface area (Å²) in [6.07, 6.45) is 5.58. The molecule has 0 aliphatic carbocycles. The largest absolute Gasteiger partial charge is 0.346 e. The molecule has 2 aromatic heterocycles. The molecule has 0 atom stereocenters. The molecule has 21 heavy (non-hydrogen) atoms. The zero-order valence-corrected chi connectivity index (χ0v) is 13.1. The third kappa shape index (κ3) is 3.02. The lowest BCUT2D eigenvalue weighted by Crippen LogP contribution is -1.85. The van der Waals surface area contributed by atoms with Crippen LogP contribution in [0.25, 0.3) is 22.8 Å². The van der Waals surface area contributed by atoms with E-state index in [0.717, 1.165) is 27.9 Å². The van der Waals surface area contributed by atoms with Gasteiger partial charge in [-0.1, -0.05) is 0 Å². The molecule has 3 nitrogen and oxygen atoms in total. The standard InChI is InChI=1S/C16H11FIN3/c17-13-3-1-11(2-4-13)15(21-10-18)9-12-5-7-19-16-14(12)6-8-20-16/h1-10H,(H,19,20)/b15-9+,21-10+. The van der Waals surface area contributed by atoms with E-state index in [9.17, 15) is 4.39 Å². The van der Waals surface area contributed by atoms with E-state index in [1.54, 1.807) is 22.6 Å². The van der Waals surface area contributed by atoms with Crippen LogP contribution in [-0.2, 0) is 0 Å². The van der Waals surface area contributed by atoms with Gasteiger partial charge in [0.05, 0.1) is 9.92 Å². The van der Waals surface area contributed by atoms with Gasteiger partial charge < -0.3 is 4.98 Å². The zero-order valence-electron chi connectivity index (χ0n) is 10.9. The van der Waals surface area contributed by atoms with Gasteiger partial charge in [0.15, 0.2) is 0 Å². The summed E-state index contributed by atoms with van der Waals surface area (Å²) in [5.74, 6) is -0.256. The van der Waals surface area contributed by atoms with Crippen LogP contribution >= 0.6 is 22.6 Å². The number of benzene rings is 1. The van der Waals surface area contributed by atoms with Gasteiger partial charge in [-0.15, -0.1) is 0 Å². The first kappa shape index (κ1) is 13.9. The van der Waals surface area contributed by atoms with Gasteiger partial charge in [0, 0.05) is 23.3 Å². The third-order valence-electron chi connectivity index (χ3n) is 3.11. The molecule has 0 aliphatic rings. The quantitative estimate of drug-likeness (QED) is 0.512. The molecule has 0 unspecified atom stereocenters. The summed E-state index contributed by atoms with van der Waals surface area (Å²) in [5.41, 5.74) is 3.49. The molecule has 0 radical (unpaired) electrons. The van der Waals surface area contributed by atoms with Crippen molar-refractivity contribution in [1.82, 2.24) is 9.97 Å². The number of pyridine rings is 1. The van der Waals surface area contributed by atoms with E-state index >= 15 is 0 Å². The Morgan fingerprint density at radius 1 is 1.19 bits per heavy atom. The van der Waals surface area contributed by atoms with Crippen molar-refractivity contribution in [3.8, 4) is 0 Å². The van der Waals surface area contributed by atoms with Crippen molar-refractivity contribution in [1.29, 1.82) is 0 Å². The van der Waals surface area contributed by atoms with Gasteiger partial charge in [-0.05, 0) is 70.6 Å². The van der Waals surface area contributed by atoms with E-state index in [2.05, 4.69) is 37.6 Å². The molecule has 3 rings (SSSR count). The minimum Gasteiger partial charge on any atom is -0.346 e. The summed E-state index contributed by atoms with van der Waals surface area (Å²) in [5, 5.41) is 1.03. The van der Waals surface area contributed by atoms with Gasteiger partial charge in [0.25, 0.3) is 0 Å². The van der Waals surface area contributed by atoms with E-state index in [4.69, 9.17) is 0 Å². The first-order valence-corrected chi connectivity index (χ1v) is 7.55. The fraction of sp³-hybridized carbons (Fsp3) is 0. The summed E-state index contributed by atoms with van der Waals surface area (Å²) < 4.78 is 14.8. The number of H-pyrrole nitrogens is 1. The molecule has 0 aliphatic heterocycles. The number of nitrogens with zero attached hydrogens (tertiary/aromatic N) is 2. The second-order valence-corrected chi connectivity index (χ2v) is 4.96. The molecule has 5 heteroatoms. The lowest BCUT2D eigenvalue weighted by Gasteiger charge is -2.03. The highest BCUT2D eigenvalue weighted by Gasteiger charge is 2.04.